The van der Waals surface area contributed by atoms with Crippen molar-refractivity contribution in [3.8, 4) is 5.75 Å². The smallest absolute Gasteiger partial charge is 0.271 e. The normalized spacial score (nSPS) is 11.7. The molecule has 0 aliphatic carbocycles. The summed E-state index contributed by atoms with van der Waals surface area (Å²) < 4.78 is 52.3. The standard InChI is InChI=1S/C19H22N2O8S2/c1-20(8-5-9-29-16-6-4-7-17(13-16)30(2,25)26)19(22)14-10-15(21(23)24)12-18(11-14)31(3,27)28/h4,6-7,10-13H,5,8-9H2,1-3H3. The average molecular weight is 471 g/mol. The van der Waals surface area contributed by atoms with E-state index in [0.29, 0.717) is 12.2 Å². The molecule has 0 saturated heterocycles. The number of benzene rings is 2. The summed E-state index contributed by atoms with van der Waals surface area (Å²) in [5, 5.41) is 11.1. The van der Waals surface area contributed by atoms with Gasteiger partial charge in [0.2, 0.25) is 0 Å². The van der Waals surface area contributed by atoms with Gasteiger partial charge in [-0.1, -0.05) is 6.07 Å². The van der Waals surface area contributed by atoms with Crippen LogP contribution in [0.4, 0.5) is 5.69 Å². The van der Waals surface area contributed by atoms with Crippen molar-refractivity contribution in [2.45, 2.75) is 16.2 Å². The molecule has 0 N–H and O–H groups in total. The minimum Gasteiger partial charge on any atom is -0.493 e. The molecule has 0 aromatic heterocycles. The second-order valence-electron chi connectivity index (χ2n) is 6.92. The van der Waals surface area contributed by atoms with E-state index in [9.17, 15) is 31.7 Å². The SMILES string of the molecule is CN(CCCOc1cccc(S(C)(=O)=O)c1)C(=O)c1cc([N+](=O)[O-])cc(S(C)(=O)=O)c1. The minimum absolute atomic E-state index is 0.112. The second kappa shape index (κ2) is 9.43. The Bertz CT molecular complexity index is 1210. The minimum atomic E-state index is -3.74. The summed E-state index contributed by atoms with van der Waals surface area (Å²) in [6, 6.07) is 9.07. The fourth-order valence-electron chi connectivity index (χ4n) is 2.63. The van der Waals surface area contributed by atoms with Crippen molar-refractivity contribution in [1.29, 1.82) is 0 Å². The molecule has 1 amide bonds. The maximum atomic E-state index is 12.6. The van der Waals surface area contributed by atoms with Gasteiger partial charge in [-0.25, -0.2) is 16.8 Å². The molecule has 2 aromatic rings. The molecule has 10 nitrogen and oxygen atoms in total. The van der Waals surface area contributed by atoms with Crippen LogP contribution in [0, 0.1) is 10.1 Å². The Morgan fingerprint density at radius 1 is 1.03 bits per heavy atom. The number of sulfone groups is 2. The Kier molecular flexibility index (Phi) is 7.39. The van der Waals surface area contributed by atoms with Crippen LogP contribution in [0.15, 0.2) is 52.3 Å². The van der Waals surface area contributed by atoms with Crippen molar-refractivity contribution in [2.24, 2.45) is 0 Å². The third-order valence-corrected chi connectivity index (χ3v) is 6.47. The van der Waals surface area contributed by atoms with Gasteiger partial charge in [-0.05, 0) is 30.7 Å². The van der Waals surface area contributed by atoms with Gasteiger partial charge >= 0.3 is 0 Å². The number of nitrogens with zero attached hydrogens (tertiary/aromatic N) is 2. The Morgan fingerprint density at radius 3 is 2.26 bits per heavy atom. The first-order chi connectivity index (χ1) is 14.3. The van der Waals surface area contributed by atoms with E-state index in [1.807, 2.05) is 0 Å². The zero-order chi connectivity index (χ0) is 23.4. The molecule has 0 heterocycles. The van der Waals surface area contributed by atoms with Crippen LogP contribution in [0.25, 0.3) is 0 Å². The summed E-state index contributed by atoms with van der Waals surface area (Å²) in [6.07, 6.45) is 2.38. The van der Waals surface area contributed by atoms with Gasteiger partial charge in [0.1, 0.15) is 5.75 Å². The van der Waals surface area contributed by atoms with E-state index in [1.54, 1.807) is 12.1 Å². The van der Waals surface area contributed by atoms with Gasteiger partial charge in [0.05, 0.1) is 21.3 Å². The highest BCUT2D eigenvalue weighted by molar-refractivity contribution is 7.91. The monoisotopic (exact) mass is 470 g/mol. The Hall–Kier alpha value is -2.99. The van der Waals surface area contributed by atoms with E-state index in [-0.39, 0.29) is 28.5 Å². The van der Waals surface area contributed by atoms with E-state index < -0.39 is 36.2 Å². The lowest BCUT2D eigenvalue weighted by Gasteiger charge is -2.18. The van der Waals surface area contributed by atoms with Crippen LogP contribution >= 0.6 is 0 Å². The fourth-order valence-corrected chi connectivity index (χ4v) is 3.97. The van der Waals surface area contributed by atoms with Crippen molar-refractivity contribution in [2.75, 3.05) is 32.7 Å². The zero-order valence-corrected chi connectivity index (χ0v) is 18.8. The van der Waals surface area contributed by atoms with Crippen molar-refractivity contribution >= 4 is 31.3 Å². The van der Waals surface area contributed by atoms with E-state index >= 15 is 0 Å². The molecule has 0 radical (unpaired) electrons. The number of nitro groups is 1. The van der Waals surface area contributed by atoms with Crippen molar-refractivity contribution in [3.63, 3.8) is 0 Å². The number of non-ortho nitro benzene ring substituents is 1. The van der Waals surface area contributed by atoms with Gasteiger partial charge in [-0.3, -0.25) is 14.9 Å². The predicted octanol–water partition coefficient (Wildman–Crippen LogP) is 1.94. The van der Waals surface area contributed by atoms with E-state index in [0.717, 1.165) is 30.7 Å². The van der Waals surface area contributed by atoms with Crippen LogP contribution in [-0.4, -0.2) is 65.3 Å². The molecule has 0 saturated carbocycles. The van der Waals surface area contributed by atoms with Crippen LogP contribution in [0.2, 0.25) is 0 Å². The summed E-state index contributed by atoms with van der Waals surface area (Å²) in [6.45, 7) is 0.413. The molecule has 0 aliphatic rings. The van der Waals surface area contributed by atoms with Gasteiger partial charge in [0, 0.05) is 43.8 Å². The van der Waals surface area contributed by atoms with E-state index in [1.165, 1.54) is 24.1 Å². The molecule has 0 spiro atoms. The summed E-state index contributed by atoms with van der Waals surface area (Å²) >= 11 is 0. The Balaban J connectivity index is 2.03. The number of carbonyl (C=O) groups is 1. The maximum Gasteiger partial charge on any atom is 0.271 e. The number of carbonyl (C=O) groups excluding carboxylic acids is 1. The highest BCUT2D eigenvalue weighted by Gasteiger charge is 2.21. The van der Waals surface area contributed by atoms with Crippen LogP contribution in [0.5, 0.6) is 5.75 Å². The Morgan fingerprint density at radius 2 is 1.68 bits per heavy atom. The topological polar surface area (TPSA) is 141 Å². The summed E-state index contributed by atoms with van der Waals surface area (Å²) in [7, 11) is -5.63. The molecule has 31 heavy (non-hydrogen) atoms. The van der Waals surface area contributed by atoms with Crippen molar-refractivity contribution in [1.82, 2.24) is 4.90 Å². The van der Waals surface area contributed by atoms with Gasteiger partial charge in [0.15, 0.2) is 19.7 Å². The van der Waals surface area contributed by atoms with Gasteiger partial charge in [-0.2, -0.15) is 0 Å². The lowest BCUT2D eigenvalue weighted by molar-refractivity contribution is -0.385. The first-order valence-corrected chi connectivity index (χ1v) is 12.8. The molecule has 168 valence electrons. The predicted molar refractivity (Wildman–Crippen MR) is 113 cm³/mol. The highest BCUT2D eigenvalue weighted by atomic mass is 32.2. The van der Waals surface area contributed by atoms with Crippen molar-refractivity contribution < 1.29 is 31.3 Å². The lowest BCUT2D eigenvalue weighted by Crippen LogP contribution is -2.29. The Labute approximate surface area is 180 Å². The molecule has 0 unspecified atom stereocenters. The molecule has 0 bridgehead atoms. The number of ether oxygens (including phenoxy) is 1. The van der Waals surface area contributed by atoms with Gasteiger partial charge < -0.3 is 9.64 Å². The molecule has 2 rings (SSSR count). The summed E-state index contributed by atoms with van der Waals surface area (Å²) in [5.74, 6) is -0.207. The molecular formula is C19H22N2O8S2. The summed E-state index contributed by atoms with van der Waals surface area (Å²) in [5.41, 5.74) is -0.604. The number of hydrogen-bond acceptors (Lipinski definition) is 8. The number of hydrogen-bond donors (Lipinski definition) is 0. The number of amides is 1. The highest BCUT2D eigenvalue weighted by Crippen LogP contribution is 2.22. The van der Waals surface area contributed by atoms with Crippen LogP contribution < -0.4 is 4.74 Å². The first kappa shape index (κ1) is 24.3. The van der Waals surface area contributed by atoms with Crippen LogP contribution in [0.1, 0.15) is 16.8 Å². The molecule has 2 aromatic carbocycles. The number of nitro benzene ring substituents is 1. The third kappa shape index (κ3) is 6.76. The number of rotatable bonds is 9. The fraction of sp³-hybridized carbons (Fsp3) is 0.316. The summed E-state index contributed by atoms with van der Waals surface area (Å²) in [4.78, 5) is 24.1. The van der Waals surface area contributed by atoms with Crippen molar-refractivity contribution in [3.05, 3.63) is 58.1 Å². The quantitative estimate of drug-likeness (QED) is 0.308. The molecule has 0 aliphatic heterocycles. The van der Waals surface area contributed by atoms with E-state index in [4.69, 9.17) is 4.74 Å². The molecule has 12 heteroatoms. The second-order valence-corrected chi connectivity index (χ2v) is 11.0. The average Bonchev–Trinajstić information content (AvgIpc) is 2.69. The maximum absolute atomic E-state index is 12.6. The zero-order valence-electron chi connectivity index (χ0n) is 17.1. The third-order valence-electron chi connectivity index (χ3n) is 4.26. The molecule has 0 fully saturated rings. The van der Waals surface area contributed by atoms with Gasteiger partial charge in [0.25, 0.3) is 11.6 Å². The van der Waals surface area contributed by atoms with Crippen LogP contribution in [-0.2, 0) is 19.7 Å². The molecule has 0 atom stereocenters. The molecular weight excluding hydrogens is 448 g/mol. The van der Waals surface area contributed by atoms with E-state index in [2.05, 4.69) is 0 Å². The lowest BCUT2D eigenvalue weighted by atomic mass is 10.1. The van der Waals surface area contributed by atoms with Crippen LogP contribution in [0.3, 0.4) is 0 Å². The first-order valence-electron chi connectivity index (χ1n) is 8.97. The largest absolute Gasteiger partial charge is 0.493 e. The van der Waals surface area contributed by atoms with Gasteiger partial charge in [-0.15, -0.1) is 0 Å².